The Hall–Kier alpha value is -2.08. The lowest BCUT2D eigenvalue weighted by molar-refractivity contribution is -0.124. The molecule has 27 heavy (non-hydrogen) atoms. The van der Waals surface area contributed by atoms with Gasteiger partial charge in [-0.25, -0.2) is 0 Å². The maximum absolute atomic E-state index is 12.5. The summed E-state index contributed by atoms with van der Waals surface area (Å²) in [6.45, 7) is 0.537. The van der Waals surface area contributed by atoms with Crippen LogP contribution in [-0.2, 0) is 9.59 Å². The van der Waals surface area contributed by atoms with Crippen molar-refractivity contribution in [2.45, 2.75) is 32.1 Å². The summed E-state index contributed by atoms with van der Waals surface area (Å²) in [4.78, 5) is 38.5. The van der Waals surface area contributed by atoms with Gasteiger partial charge in [-0.1, -0.05) is 36.8 Å². The number of nitrogens with zero attached hydrogens (tertiary/aromatic N) is 1. The molecule has 1 aromatic carbocycles. The predicted octanol–water partition coefficient (Wildman–Crippen LogP) is 3.67. The van der Waals surface area contributed by atoms with Crippen LogP contribution in [0.15, 0.2) is 35.2 Å². The number of carbonyl (C=O) groups excluding carboxylic acids is 3. The van der Waals surface area contributed by atoms with Crippen LogP contribution in [0.5, 0.6) is 0 Å². The first-order chi connectivity index (χ1) is 13.1. The summed E-state index contributed by atoms with van der Waals surface area (Å²) in [6, 6.07) is 9.47. The molecule has 1 saturated heterocycles. The van der Waals surface area contributed by atoms with Crippen molar-refractivity contribution in [2.24, 2.45) is 17.8 Å². The molecule has 5 nitrogen and oxygen atoms in total. The Kier molecular flexibility index (Phi) is 5.34. The highest BCUT2D eigenvalue weighted by atomic mass is 32.2. The number of hydrogen-bond acceptors (Lipinski definition) is 4. The van der Waals surface area contributed by atoms with Crippen LogP contribution in [0.25, 0.3) is 6.08 Å². The van der Waals surface area contributed by atoms with Gasteiger partial charge in [-0.05, 0) is 60.4 Å². The summed E-state index contributed by atoms with van der Waals surface area (Å²) in [5.74, 6) is 1.84. The summed E-state index contributed by atoms with van der Waals surface area (Å²) in [7, 11) is 0. The van der Waals surface area contributed by atoms with Crippen molar-refractivity contribution in [1.29, 1.82) is 0 Å². The van der Waals surface area contributed by atoms with Crippen molar-refractivity contribution in [1.82, 2.24) is 10.2 Å². The number of amides is 3. The zero-order valence-corrected chi connectivity index (χ0v) is 16.0. The highest BCUT2D eigenvalue weighted by Gasteiger charge is 2.40. The van der Waals surface area contributed by atoms with Crippen LogP contribution in [0.4, 0.5) is 4.79 Å². The first kappa shape index (κ1) is 18.3. The summed E-state index contributed by atoms with van der Waals surface area (Å²) in [5, 5.41) is 2.61. The van der Waals surface area contributed by atoms with Crippen LogP contribution in [-0.4, -0.2) is 35.0 Å². The van der Waals surface area contributed by atoms with Crippen molar-refractivity contribution in [2.75, 3.05) is 13.1 Å². The van der Waals surface area contributed by atoms with Crippen molar-refractivity contribution >= 4 is 34.9 Å². The van der Waals surface area contributed by atoms with Gasteiger partial charge in [0.1, 0.15) is 0 Å². The Labute approximate surface area is 163 Å². The predicted molar refractivity (Wildman–Crippen MR) is 106 cm³/mol. The van der Waals surface area contributed by atoms with Gasteiger partial charge in [-0.2, -0.15) is 0 Å². The molecule has 2 saturated carbocycles. The molecule has 0 radical (unpaired) electrons. The van der Waals surface area contributed by atoms with Crippen molar-refractivity contribution in [3.05, 3.63) is 40.8 Å². The zero-order chi connectivity index (χ0) is 18.8. The summed E-state index contributed by atoms with van der Waals surface area (Å²) >= 11 is 0.956. The molecule has 2 aliphatic carbocycles. The topological polar surface area (TPSA) is 66.5 Å². The Morgan fingerprint density at radius 3 is 2.70 bits per heavy atom. The molecule has 2 bridgehead atoms. The fraction of sp³-hybridized carbons (Fsp3) is 0.476. The van der Waals surface area contributed by atoms with Gasteiger partial charge in [0.05, 0.1) is 4.91 Å². The van der Waals surface area contributed by atoms with Crippen LogP contribution in [0.1, 0.15) is 37.7 Å². The molecule has 3 fully saturated rings. The molecule has 6 heteroatoms. The summed E-state index contributed by atoms with van der Waals surface area (Å²) < 4.78 is 0. The second-order valence-corrected chi connectivity index (χ2v) is 8.73. The van der Waals surface area contributed by atoms with E-state index in [4.69, 9.17) is 0 Å². The van der Waals surface area contributed by atoms with E-state index in [9.17, 15) is 14.4 Å². The van der Waals surface area contributed by atoms with E-state index in [-0.39, 0.29) is 23.6 Å². The summed E-state index contributed by atoms with van der Waals surface area (Å²) in [6.07, 6.45) is 7.40. The first-order valence-electron chi connectivity index (χ1n) is 9.67. The Bertz CT molecular complexity index is 777. The SMILES string of the molecule is O=C(C[C@H]1C[C@H]2CC[C@H]1C2)NCCN1C(=O)S/C(=C/c2ccccc2)C1=O. The smallest absolute Gasteiger partial charge is 0.293 e. The van der Waals surface area contributed by atoms with Crippen molar-refractivity contribution in [3.63, 3.8) is 0 Å². The molecule has 0 spiro atoms. The second kappa shape index (κ2) is 7.89. The molecular weight excluding hydrogens is 360 g/mol. The number of imide groups is 1. The molecule has 4 rings (SSSR count). The number of fused-ring (bicyclic) bond motifs is 2. The van der Waals surface area contributed by atoms with E-state index < -0.39 is 0 Å². The van der Waals surface area contributed by atoms with Crippen molar-refractivity contribution < 1.29 is 14.4 Å². The lowest BCUT2D eigenvalue weighted by atomic mass is 9.86. The van der Waals surface area contributed by atoms with Crippen molar-refractivity contribution in [3.8, 4) is 0 Å². The molecule has 142 valence electrons. The van der Waals surface area contributed by atoms with Crippen LogP contribution < -0.4 is 5.32 Å². The monoisotopic (exact) mass is 384 g/mol. The molecule has 3 aliphatic rings. The number of nitrogens with one attached hydrogen (secondary N) is 1. The first-order valence-corrected chi connectivity index (χ1v) is 10.5. The van der Waals surface area contributed by atoms with Gasteiger partial charge in [0.15, 0.2) is 0 Å². The van der Waals surface area contributed by atoms with E-state index in [1.807, 2.05) is 30.3 Å². The molecule has 3 atom stereocenters. The van der Waals surface area contributed by atoms with Gasteiger partial charge in [-0.15, -0.1) is 0 Å². The van der Waals surface area contributed by atoms with E-state index in [0.29, 0.717) is 23.8 Å². The van der Waals surface area contributed by atoms with E-state index in [0.717, 1.165) is 29.2 Å². The van der Waals surface area contributed by atoms with Gasteiger partial charge < -0.3 is 5.32 Å². The van der Waals surface area contributed by atoms with E-state index in [1.165, 1.54) is 30.6 Å². The van der Waals surface area contributed by atoms with Gasteiger partial charge in [0, 0.05) is 19.5 Å². The van der Waals surface area contributed by atoms with Gasteiger partial charge in [-0.3, -0.25) is 19.3 Å². The number of hydrogen-bond donors (Lipinski definition) is 1. The lowest BCUT2D eigenvalue weighted by Crippen LogP contribution is -2.38. The molecule has 3 amide bonds. The number of thioether (sulfide) groups is 1. The van der Waals surface area contributed by atoms with Gasteiger partial charge in [0.2, 0.25) is 5.91 Å². The molecule has 1 heterocycles. The van der Waals surface area contributed by atoms with Crippen LogP contribution >= 0.6 is 11.8 Å². The zero-order valence-electron chi connectivity index (χ0n) is 15.2. The maximum atomic E-state index is 12.5. The fourth-order valence-corrected chi connectivity index (χ4v) is 5.50. The highest BCUT2D eigenvalue weighted by molar-refractivity contribution is 8.18. The van der Waals surface area contributed by atoms with E-state index in [2.05, 4.69) is 5.32 Å². The lowest BCUT2D eigenvalue weighted by Gasteiger charge is -2.21. The highest BCUT2D eigenvalue weighted by Crippen LogP contribution is 2.49. The fourth-order valence-electron chi connectivity index (χ4n) is 4.64. The Morgan fingerprint density at radius 2 is 2.00 bits per heavy atom. The number of carbonyl (C=O) groups is 3. The minimum Gasteiger partial charge on any atom is -0.354 e. The minimum atomic E-state index is -0.281. The molecule has 1 aliphatic heterocycles. The average molecular weight is 385 g/mol. The average Bonchev–Trinajstić information content (AvgIpc) is 3.34. The van der Waals surface area contributed by atoms with Crippen LogP contribution in [0.3, 0.4) is 0 Å². The van der Waals surface area contributed by atoms with E-state index in [1.54, 1.807) is 6.08 Å². The number of rotatable bonds is 6. The Balaban J connectivity index is 1.26. The van der Waals surface area contributed by atoms with Gasteiger partial charge in [0.25, 0.3) is 11.1 Å². The third kappa shape index (κ3) is 4.10. The Morgan fingerprint density at radius 1 is 1.19 bits per heavy atom. The molecular formula is C21H24N2O3S. The standard InChI is InChI=1S/C21H24N2O3S/c24-19(13-17-11-15-6-7-16(17)10-15)22-8-9-23-20(25)18(27-21(23)26)12-14-4-2-1-3-5-14/h1-5,12,15-17H,6-11,13H2,(H,22,24)/b18-12+/t15-,16-,17+/m0/s1. The molecule has 1 N–H and O–H groups in total. The quantitative estimate of drug-likeness (QED) is 0.760. The molecule has 0 aromatic heterocycles. The van der Waals surface area contributed by atoms with Gasteiger partial charge >= 0.3 is 0 Å². The molecule has 0 unspecified atom stereocenters. The molecule has 1 aromatic rings. The third-order valence-electron chi connectivity index (χ3n) is 5.96. The minimum absolute atomic E-state index is 0.0411. The van der Waals surface area contributed by atoms with Crippen LogP contribution in [0, 0.1) is 17.8 Å². The summed E-state index contributed by atoms with van der Waals surface area (Å²) in [5.41, 5.74) is 0.891. The maximum Gasteiger partial charge on any atom is 0.293 e. The van der Waals surface area contributed by atoms with Crippen LogP contribution in [0.2, 0.25) is 0 Å². The normalized spacial score (nSPS) is 28.4. The van der Waals surface area contributed by atoms with E-state index >= 15 is 0 Å². The third-order valence-corrected chi connectivity index (χ3v) is 6.87. The largest absolute Gasteiger partial charge is 0.354 e. The second-order valence-electron chi connectivity index (χ2n) is 7.73. The number of benzene rings is 1.